The predicted molar refractivity (Wildman–Crippen MR) is 105 cm³/mol. The molecule has 0 atom stereocenters. The first kappa shape index (κ1) is 18.7. The van der Waals surface area contributed by atoms with Gasteiger partial charge in [-0.15, -0.1) is 11.3 Å². The average Bonchev–Trinajstić information content (AvgIpc) is 3.17. The lowest BCUT2D eigenvalue weighted by Crippen LogP contribution is -2.12. The summed E-state index contributed by atoms with van der Waals surface area (Å²) in [6.45, 7) is 2.09. The monoisotopic (exact) mass is 381 g/mol. The number of nitrogens with zero attached hydrogens (tertiary/aromatic N) is 2. The molecule has 2 aromatic heterocycles. The summed E-state index contributed by atoms with van der Waals surface area (Å²) < 4.78 is 4.93. The van der Waals surface area contributed by atoms with Crippen LogP contribution in [0.5, 0.6) is 0 Å². The van der Waals surface area contributed by atoms with Gasteiger partial charge in [0, 0.05) is 41.9 Å². The van der Waals surface area contributed by atoms with Gasteiger partial charge in [-0.25, -0.2) is 9.78 Å². The van der Waals surface area contributed by atoms with Crippen molar-refractivity contribution in [3.8, 4) is 11.3 Å². The summed E-state index contributed by atoms with van der Waals surface area (Å²) >= 11 is 1.54. The third-order valence-electron chi connectivity index (χ3n) is 3.77. The maximum absolute atomic E-state index is 12.1. The molecule has 27 heavy (non-hydrogen) atoms. The van der Waals surface area contributed by atoms with Gasteiger partial charge in [-0.2, -0.15) is 0 Å². The Kier molecular flexibility index (Phi) is 6.27. The molecule has 0 spiro atoms. The molecule has 0 aliphatic carbocycles. The molecule has 0 saturated heterocycles. The Bertz CT molecular complexity index is 908. The standard InChI is InChI=1S/C20H19N3O3S/c1-2-26-20(25)15-3-5-16(6-4-15)22-18(24)7-8-19-23-17(13-27-19)14-9-11-21-12-10-14/h3-6,9-13H,2,7-8H2,1H3,(H,22,24). The van der Waals surface area contributed by atoms with Crippen LogP contribution in [0.15, 0.2) is 54.2 Å². The molecule has 7 heteroatoms. The number of hydrogen-bond donors (Lipinski definition) is 1. The largest absolute Gasteiger partial charge is 0.462 e. The summed E-state index contributed by atoms with van der Waals surface area (Å²) in [6.07, 6.45) is 4.37. The molecular weight excluding hydrogens is 362 g/mol. The lowest BCUT2D eigenvalue weighted by molar-refractivity contribution is -0.116. The van der Waals surface area contributed by atoms with Crippen LogP contribution in [0, 0.1) is 0 Å². The number of ether oxygens (including phenoxy) is 1. The molecule has 0 aliphatic rings. The topological polar surface area (TPSA) is 81.2 Å². The Labute approximate surface area is 161 Å². The number of carbonyl (C=O) groups excluding carboxylic acids is 2. The number of aromatic nitrogens is 2. The number of anilines is 1. The molecule has 2 heterocycles. The second-order valence-electron chi connectivity index (χ2n) is 5.71. The van der Waals surface area contributed by atoms with Crippen molar-refractivity contribution < 1.29 is 14.3 Å². The van der Waals surface area contributed by atoms with Crippen LogP contribution in [0.4, 0.5) is 5.69 Å². The van der Waals surface area contributed by atoms with Crippen molar-refractivity contribution in [2.45, 2.75) is 19.8 Å². The van der Waals surface area contributed by atoms with Crippen LogP contribution >= 0.6 is 11.3 Å². The number of nitrogens with one attached hydrogen (secondary N) is 1. The van der Waals surface area contributed by atoms with Crippen molar-refractivity contribution in [3.05, 3.63) is 64.7 Å². The van der Waals surface area contributed by atoms with Gasteiger partial charge >= 0.3 is 5.97 Å². The lowest BCUT2D eigenvalue weighted by Gasteiger charge is -2.06. The number of esters is 1. The zero-order chi connectivity index (χ0) is 19.1. The summed E-state index contributed by atoms with van der Waals surface area (Å²) in [5, 5.41) is 5.72. The van der Waals surface area contributed by atoms with Gasteiger partial charge in [0.2, 0.25) is 5.91 Å². The van der Waals surface area contributed by atoms with E-state index in [9.17, 15) is 9.59 Å². The molecule has 0 radical (unpaired) electrons. The molecule has 138 valence electrons. The second-order valence-corrected chi connectivity index (χ2v) is 6.65. The van der Waals surface area contributed by atoms with Crippen molar-refractivity contribution in [1.82, 2.24) is 9.97 Å². The Morgan fingerprint density at radius 2 is 1.85 bits per heavy atom. The maximum atomic E-state index is 12.1. The van der Waals surface area contributed by atoms with Crippen LogP contribution in [0.25, 0.3) is 11.3 Å². The number of benzene rings is 1. The van der Waals surface area contributed by atoms with Gasteiger partial charge < -0.3 is 10.1 Å². The van der Waals surface area contributed by atoms with Gasteiger partial charge in [-0.1, -0.05) is 0 Å². The van der Waals surface area contributed by atoms with E-state index >= 15 is 0 Å². The highest BCUT2D eigenvalue weighted by molar-refractivity contribution is 7.09. The first-order valence-electron chi connectivity index (χ1n) is 8.57. The van der Waals surface area contributed by atoms with E-state index in [2.05, 4.69) is 15.3 Å². The van der Waals surface area contributed by atoms with Crippen molar-refractivity contribution in [3.63, 3.8) is 0 Å². The van der Waals surface area contributed by atoms with Gasteiger partial charge in [0.15, 0.2) is 0 Å². The van der Waals surface area contributed by atoms with E-state index in [0.717, 1.165) is 16.3 Å². The molecule has 0 saturated carbocycles. The minimum Gasteiger partial charge on any atom is -0.462 e. The second kappa shape index (κ2) is 9.05. The Balaban J connectivity index is 1.51. The number of amides is 1. The minimum atomic E-state index is -0.371. The van der Waals surface area contributed by atoms with E-state index in [1.54, 1.807) is 43.6 Å². The summed E-state index contributed by atoms with van der Waals surface area (Å²) in [5.41, 5.74) is 3.01. The minimum absolute atomic E-state index is 0.0976. The van der Waals surface area contributed by atoms with Crippen LogP contribution in [-0.2, 0) is 16.0 Å². The number of pyridine rings is 1. The van der Waals surface area contributed by atoms with Gasteiger partial charge in [-0.3, -0.25) is 9.78 Å². The number of hydrogen-bond acceptors (Lipinski definition) is 6. The fourth-order valence-corrected chi connectivity index (χ4v) is 3.24. The molecule has 3 aromatic rings. The Hall–Kier alpha value is -3.06. The third-order valence-corrected chi connectivity index (χ3v) is 4.68. The van der Waals surface area contributed by atoms with Crippen molar-refractivity contribution in [2.24, 2.45) is 0 Å². The SMILES string of the molecule is CCOC(=O)c1ccc(NC(=O)CCc2nc(-c3ccncc3)cs2)cc1. The van der Waals surface area contributed by atoms with Crippen LogP contribution in [0.2, 0.25) is 0 Å². The smallest absolute Gasteiger partial charge is 0.338 e. The van der Waals surface area contributed by atoms with Crippen molar-refractivity contribution >= 4 is 28.9 Å². The molecule has 6 nitrogen and oxygen atoms in total. The zero-order valence-electron chi connectivity index (χ0n) is 14.8. The van der Waals surface area contributed by atoms with Crippen molar-refractivity contribution in [2.75, 3.05) is 11.9 Å². The average molecular weight is 381 g/mol. The molecular formula is C20H19N3O3S. The van der Waals surface area contributed by atoms with E-state index in [1.165, 1.54) is 11.3 Å². The highest BCUT2D eigenvalue weighted by Crippen LogP contribution is 2.22. The molecule has 3 rings (SSSR count). The molecule has 0 fully saturated rings. The van der Waals surface area contributed by atoms with Crippen molar-refractivity contribution in [1.29, 1.82) is 0 Å². The van der Waals surface area contributed by atoms with Crippen LogP contribution in [0.3, 0.4) is 0 Å². The number of carbonyl (C=O) groups is 2. The molecule has 0 aliphatic heterocycles. The van der Waals surface area contributed by atoms with Crippen LogP contribution < -0.4 is 5.32 Å². The maximum Gasteiger partial charge on any atom is 0.338 e. The number of thiazole rings is 1. The van der Waals surface area contributed by atoms with E-state index in [0.29, 0.717) is 30.7 Å². The van der Waals surface area contributed by atoms with E-state index in [4.69, 9.17) is 4.74 Å². The normalized spacial score (nSPS) is 10.4. The third kappa shape index (κ3) is 5.21. The molecule has 1 amide bonds. The molecule has 1 N–H and O–H groups in total. The van der Waals surface area contributed by atoms with E-state index in [1.807, 2.05) is 17.5 Å². The molecule has 1 aromatic carbocycles. The lowest BCUT2D eigenvalue weighted by atomic mass is 10.2. The van der Waals surface area contributed by atoms with Gasteiger partial charge in [-0.05, 0) is 43.3 Å². The molecule has 0 bridgehead atoms. The number of rotatable bonds is 7. The quantitative estimate of drug-likeness (QED) is 0.627. The first-order chi connectivity index (χ1) is 13.2. The van der Waals surface area contributed by atoms with E-state index < -0.39 is 0 Å². The Morgan fingerprint density at radius 3 is 2.56 bits per heavy atom. The Morgan fingerprint density at radius 1 is 1.11 bits per heavy atom. The van der Waals surface area contributed by atoms with Gasteiger partial charge in [0.1, 0.15) is 0 Å². The summed E-state index contributed by atoms with van der Waals surface area (Å²) in [5.74, 6) is -0.469. The van der Waals surface area contributed by atoms with Gasteiger partial charge in [0.05, 0.1) is 22.9 Å². The van der Waals surface area contributed by atoms with E-state index in [-0.39, 0.29) is 11.9 Å². The highest BCUT2D eigenvalue weighted by atomic mass is 32.1. The first-order valence-corrected chi connectivity index (χ1v) is 9.45. The summed E-state index contributed by atoms with van der Waals surface area (Å²) in [6, 6.07) is 10.5. The highest BCUT2D eigenvalue weighted by Gasteiger charge is 2.09. The summed E-state index contributed by atoms with van der Waals surface area (Å²) in [7, 11) is 0. The van der Waals surface area contributed by atoms with Crippen LogP contribution in [-0.4, -0.2) is 28.5 Å². The number of aryl methyl sites for hydroxylation is 1. The van der Waals surface area contributed by atoms with Crippen LogP contribution in [0.1, 0.15) is 28.7 Å². The molecule has 0 unspecified atom stereocenters. The van der Waals surface area contributed by atoms with Gasteiger partial charge in [0.25, 0.3) is 0 Å². The fraction of sp³-hybridized carbons (Fsp3) is 0.200. The zero-order valence-corrected chi connectivity index (χ0v) is 15.7. The predicted octanol–water partition coefficient (Wildman–Crippen LogP) is 3.95. The fourth-order valence-electron chi connectivity index (χ4n) is 2.43. The summed E-state index contributed by atoms with van der Waals surface area (Å²) in [4.78, 5) is 32.3.